The Morgan fingerprint density at radius 2 is 1.76 bits per heavy atom. The van der Waals surface area contributed by atoms with Crippen LogP contribution in [0, 0.1) is 0 Å². The summed E-state index contributed by atoms with van der Waals surface area (Å²) >= 11 is 6.00. The third-order valence-corrected chi connectivity index (χ3v) is 10.3. The van der Waals surface area contributed by atoms with Gasteiger partial charge in [0.1, 0.15) is 5.75 Å². The van der Waals surface area contributed by atoms with E-state index in [1.54, 1.807) is 0 Å². The van der Waals surface area contributed by atoms with E-state index in [-0.39, 0.29) is 32.7 Å². The second kappa shape index (κ2) is 7.78. The molecule has 1 N–H and O–H groups in total. The summed E-state index contributed by atoms with van der Waals surface area (Å²) in [6.07, 6.45) is -0.00968. The Morgan fingerprint density at radius 1 is 1.07 bits per heavy atom. The molecule has 1 aliphatic heterocycles. The molecule has 1 saturated heterocycles. The van der Waals surface area contributed by atoms with Crippen LogP contribution in [0.5, 0.6) is 5.75 Å². The molecule has 2 aromatic carbocycles. The summed E-state index contributed by atoms with van der Waals surface area (Å²) in [6, 6.07) is 9.12. The van der Waals surface area contributed by atoms with Gasteiger partial charge in [-0.1, -0.05) is 17.7 Å². The van der Waals surface area contributed by atoms with Crippen LogP contribution in [-0.4, -0.2) is 49.1 Å². The number of nitrogens with one attached hydrogen (secondary N) is 1. The largest absolute Gasteiger partial charge is 0.495 e. The zero-order chi connectivity index (χ0) is 21.4. The summed E-state index contributed by atoms with van der Waals surface area (Å²) in [6.45, 7) is 0. The molecule has 0 unspecified atom stereocenters. The fourth-order valence-electron chi connectivity index (χ4n) is 2.96. The van der Waals surface area contributed by atoms with Crippen LogP contribution in [0.3, 0.4) is 0 Å². The summed E-state index contributed by atoms with van der Waals surface area (Å²) in [7, 11) is -10.1. The molecule has 1 fully saturated rings. The number of ether oxygens (including phenoxy) is 1. The minimum absolute atomic E-state index is 0.00968. The van der Waals surface area contributed by atoms with Gasteiger partial charge in [0.25, 0.3) is 10.0 Å². The fourth-order valence-corrected chi connectivity index (χ4v) is 8.79. The summed E-state index contributed by atoms with van der Waals surface area (Å²) in [5.41, 5.74) is 0.172. The molecule has 158 valence electrons. The molecule has 1 heterocycles. The molecular weight excluding hydrogens is 462 g/mol. The summed E-state index contributed by atoms with van der Waals surface area (Å²) < 4.78 is 81.5. The van der Waals surface area contributed by atoms with E-state index in [1.165, 1.54) is 43.5 Å². The molecule has 0 aromatic heterocycles. The van der Waals surface area contributed by atoms with E-state index in [1.807, 2.05) is 0 Å². The quantitative estimate of drug-likeness (QED) is 0.672. The Morgan fingerprint density at radius 3 is 2.34 bits per heavy atom. The first-order chi connectivity index (χ1) is 13.4. The smallest absolute Gasteiger partial charge is 0.261 e. The van der Waals surface area contributed by atoms with Crippen molar-refractivity contribution in [2.45, 2.75) is 21.5 Å². The average Bonchev–Trinajstić information content (AvgIpc) is 3.02. The number of sulfone groups is 2. The topological polar surface area (TPSA) is 124 Å². The lowest BCUT2D eigenvalue weighted by Gasteiger charge is -2.13. The second-order valence-corrected chi connectivity index (χ2v) is 13.0. The predicted octanol–water partition coefficient (Wildman–Crippen LogP) is 2.11. The lowest BCUT2D eigenvalue weighted by atomic mass is 10.3. The van der Waals surface area contributed by atoms with Gasteiger partial charge in [-0.3, -0.25) is 4.72 Å². The van der Waals surface area contributed by atoms with E-state index >= 15 is 0 Å². The molecule has 1 aliphatic rings. The van der Waals surface area contributed by atoms with Crippen molar-refractivity contribution in [2.75, 3.05) is 23.3 Å². The third-order valence-electron chi connectivity index (χ3n) is 4.48. The van der Waals surface area contributed by atoms with E-state index in [9.17, 15) is 25.3 Å². The molecule has 12 heteroatoms. The molecule has 0 radical (unpaired) electrons. The highest BCUT2D eigenvalue weighted by Crippen LogP contribution is 2.30. The number of hydrogen-bond donors (Lipinski definition) is 1. The molecule has 29 heavy (non-hydrogen) atoms. The monoisotopic (exact) mass is 479 g/mol. The Kier molecular flexibility index (Phi) is 5.87. The normalized spacial score (nSPS) is 19.0. The van der Waals surface area contributed by atoms with Crippen molar-refractivity contribution < 1.29 is 30.0 Å². The number of methoxy groups -OCH3 is 1. The van der Waals surface area contributed by atoms with Crippen molar-refractivity contribution in [3.63, 3.8) is 0 Å². The van der Waals surface area contributed by atoms with Crippen molar-refractivity contribution in [2.24, 2.45) is 0 Å². The van der Waals surface area contributed by atoms with Gasteiger partial charge in [-0.25, -0.2) is 25.3 Å². The van der Waals surface area contributed by atoms with Gasteiger partial charge in [-0.15, -0.1) is 0 Å². The van der Waals surface area contributed by atoms with Crippen LogP contribution < -0.4 is 9.46 Å². The number of benzene rings is 2. The molecule has 0 bridgehead atoms. The zero-order valence-corrected chi connectivity index (χ0v) is 18.4. The first-order valence-corrected chi connectivity index (χ1v) is 13.6. The van der Waals surface area contributed by atoms with E-state index in [0.29, 0.717) is 5.75 Å². The van der Waals surface area contributed by atoms with Crippen molar-refractivity contribution in [3.8, 4) is 5.75 Å². The molecule has 8 nitrogen and oxygen atoms in total. The zero-order valence-electron chi connectivity index (χ0n) is 15.2. The van der Waals surface area contributed by atoms with Crippen LogP contribution >= 0.6 is 11.6 Å². The van der Waals surface area contributed by atoms with Crippen LogP contribution in [-0.2, 0) is 29.7 Å². The molecular formula is C17H18ClNO7S3. The van der Waals surface area contributed by atoms with Gasteiger partial charge in [0.2, 0.25) is 0 Å². The van der Waals surface area contributed by atoms with Crippen molar-refractivity contribution >= 4 is 47.0 Å². The standard InChI is InChI=1S/C17H18ClNO7S3/c1-26-17-6-5-12(9-16(17)18)19-29(24,25)14-4-2-3-13(10-14)28(22,23)15-7-8-27(20,21)11-15/h2-6,9-10,15,19H,7-8,11H2,1H3/t15-/m0/s1. The van der Waals surface area contributed by atoms with Crippen LogP contribution in [0.25, 0.3) is 0 Å². The number of rotatable bonds is 6. The molecule has 2 aromatic rings. The summed E-state index contributed by atoms with van der Waals surface area (Å²) in [4.78, 5) is -0.512. The molecule has 0 aliphatic carbocycles. The second-order valence-electron chi connectivity index (χ2n) is 6.50. The highest BCUT2D eigenvalue weighted by Gasteiger charge is 2.38. The number of halogens is 1. The third kappa shape index (κ3) is 4.68. The van der Waals surface area contributed by atoms with Gasteiger partial charge in [0.05, 0.1) is 44.4 Å². The van der Waals surface area contributed by atoms with E-state index in [4.69, 9.17) is 16.3 Å². The minimum atomic E-state index is -4.11. The maximum Gasteiger partial charge on any atom is 0.261 e. The van der Waals surface area contributed by atoms with Gasteiger partial charge in [0, 0.05) is 0 Å². The lowest BCUT2D eigenvalue weighted by Crippen LogP contribution is -2.23. The average molecular weight is 480 g/mol. The van der Waals surface area contributed by atoms with E-state index in [0.717, 1.165) is 6.07 Å². The number of hydrogen-bond acceptors (Lipinski definition) is 7. The summed E-state index contributed by atoms with van der Waals surface area (Å²) in [5, 5.41) is -0.884. The lowest BCUT2D eigenvalue weighted by molar-refractivity contribution is 0.415. The Balaban J connectivity index is 1.91. The highest BCUT2D eigenvalue weighted by atomic mass is 35.5. The minimum Gasteiger partial charge on any atom is -0.495 e. The van der Waals surface area contributed by atoms with Crippen LogP contribution in [0.4, 0.5) is 5.69 Å². The molecule has 1 atom stereocenters. The first-order valence-electron chi connectivity index (χ1n) is 8.35. The number of anilines is 1. The maximum atomic E-state index is 12.8. The molecule has 0 saturated carbocycles. The van der Waals surface area contributed by atoms with Gasteiger partial charge >= 0.3 is 0 Å². The van der Waals surface area contributed by atoms with Crippen molar-refractivity contribution in [1.82, 2.24) is 0 Å². The van der Waals surface area contributed by atoms with Gasteiger partial charge in [0.15, 0.2) is 19.7 Å². The SMILES string of the molecule is COc1ccc(NS(=O)(=O)c2cccc(S(=O)(=O)[C@H]3CCS(=O)(=O)C3)c2)cc1Cl. The first kappa shape index (κ1) is 21.9. The van der Waals surface area contributed by atoms with Gasteiger partial charge < -0.3 is 4.74 Å². The van der Waals surface area contributed by atoms with Gasteiger partial charge in [-0.05, 0) is 42.8 Å². The molecule has 0 amide bonds. The van der Waals surface area contributed by atoms with Gasteiger partial charge in [-0.2, -0.15) is 0 Å². The van der Waals surface area contributed by atoms with E-state index < -0.39 is 40.7 Å². The highest BCUT2D eigenvalue weighted by molar-refractivity contribution is 7.96. The van der Waals surface area contributed by atoms with Crippen LogP contribution in [0.2, 0.25) is 5.02 Å². The van der Waals surface area contributed by atoms with Crippen molar-refractivity contribution in [1.29, 1.82) is 0 Å². The maximum absolute atomic E-state index is 12.8. The summed E-state index contributed by atoms with van der Waals surface area (Å²) in [5.74, 6) is -0.293. The predicted molar refractivity (Wildman–Crippen MR) is 109 cm³/mol. The number of sulfonamides is 1. The van der Waals surface area contributed by atoms with E-state index in [2.05, 4.69) is 4.72 Å². The molecule has 0 spiro atoms. The Labute approximate surface area is 174 Å². The Hall–Kier alpha value is -1.82. The van der Waals surface area contributed by atoms with Crippen LogP contribution in [0.1, 0.15) is 6.42 Å². The fraction of sp³-hybridized carbons (Fsp3) is 0.294. The van der Waals surface area contributed by atoms with Crippen molar-refractivity contribution in [3.05, 3.63) is 47.5 Å². The molecule has 3 rings (SSSR count). The van der Waals surface area contributed by atoms with Crippen LogP contribution in [0.15, 0.2) is 52.3 Å². The Bertz CT molecular complexity index is 1260.